The molecule has 5 rings (SSSR count). The summed E-state index contributed by atoms with van der Waals surface area (Å²) in [6, 6.07) is 24.2. The van der Waals surface area contributed by atoms with E-state index in [0.29, 0.717) is 30.4 Å². The Hall–Kier alpha value is -4.08. The van der Waals surface area contributed by atoms with Gasteiger partial charge < -0.3 is 4.74 Å². The van der Waals surface area contributed by atoms with Crippen LogP contribution in [0.2, 0.25) is 0 Å². The van der Waals surface area contributed by atoms with E-state index in [4.69, 9.17) is 4.74 Å². The van der Waals surface area contributed by atoms with Crippen molar-refractivity contribution in [2.75, 3.05) is 18.3 Å². The predicted molar refractivity (Wildman–Crippen MR) is 155 cm³/mol. The maximum absolute atomic E-state index is 13.2. The van der Waals surface area contributed by atoms with E-state index in [-0.39, 0.29) is 22.5 Å². The van der Waals surface area contributed by atoms with Gasteiger partial charge in [-0.3, -0.25) is 9.69 Å². The molecule has 1 N–H and O–H groups in total. The first kappa shape index (κ1) is 27.5. The van der Waals surface area contributed by atoms with Gasteiger partial charge in [-0.25, -0.2) is 18.1 Å². The zero-order valence-corrected chi connectivity index (χ0v) is 23.6. The molecular formula is C31H32N4O4S. The van der Waals surface area contributed by atoms with Crippen molar-refractivity contribution in [3.63, 3.8) is 0 Å². The second-order valence-corrected chi connectivity index (χ2v) is 11.8. The SMILES string of the molecule is Cc1cccc(C)c1-c1cc(OC2CCC(c3ccccc3)N(C)C2)nc(NS(=O)(=O)c2cccc(C=O)c2)n1. The Balaban J connectivity index is 1.45. The van der Waals surface area contributed by atoms with Crippen LogP contribution < -0.4 is 9.46 Å². The topological polar surface area (TPSA) is 101 Å². The van der Waals surface area contributed by atoms with E-state index in [2.05, 4.69) is 50.9 Å². The van der Waals surface area contributed by atoms with E-state index in [1.807, 2.05) is 38.1 Å². The summed E-state index contributed by atoms with van der Waals surface area (Å²) in [4.78, 5) is 22.5. The molecule has 1 aliphatic heterocycles. The van der Waals surface area contributed by atoms with Crippen molar-refractivity contribution in [3.8, 4) is 17.1 Å². The molecular weight excluding hydrogens is 524 g/mol. The van der Waals surface area contributed by atoms with Crippen molar-refractivity contribution in [1.82, 2.24) is 14.9 Å². The number of aromatic nitrogens is 2. The summed E-state index contributed by atoms with van der Waals surface area (Å²) in [5, 5.41) is 0. The normalized spacial score (nSPS) is 17.8. The van der Waals surface area contributed by atoms with E-state index in [0.717, 1.165) is 29.5 Å². The van der Waals surface area contributed by atoms with Gasteiger partial charge in [-0.05, 0) is 62.6 Å². The fourth-order valence-electron chi connectivity index (χ4n) is 5.28. The van der Waals surface area contributed by atoms with Crippen molar-refractivity contribution in [2.24, 2.45) is 0 Å². The highest BCUT2D eigenvalue weighted by Gasteiger charge is 2.29. The van der Waals surface area contributed by atoms with E-state index in [1.165, 1.54) is 23.8 Å². The number of nitrogens with zero attached hydrogens (tertiary/aromatic N) is 3. The first-order valence-corrected chi connectivity index (χ1v) is 14.7. The molecule has 9 heteroatoms. The number of carbonyl (C=O) groups is 1. The lowest BCUT2D eigenvalue weighted by atomic mass is 9.94. The van der Waals surface area contributed by atoms with E-state index in [1.54, 1.807) is 12.1 Å². The molecule has 0 radical (unpaired) electrons. The fourth-order valence-corrected chi connectivity index (χ4v) is 6.28. The van der Waals surface area contributed by atoms with Crippen LogP contribution in [0.25, 0.3) is 11.3 Å². The lowest BCUT2D eigenvalue weighted by Crippen LogP contribution is -2.40. The standard InChI is InChI=1S/C31H32N4O4S/c1-21-9-7-10-22(2)30(21)27-18-29(39-25-15-16-28(35(3)19-25)24-12-5-4-6-13-24)33-31(32-27)34-40(37,38)26-14-8-11-23(17-26)20-36/h4-14,17-18,20,25,28H,15-16,19H2,1-3H3,(H,32,33,34). The Bertz CT molecular complexity index is 1610. The van der Waals surface area contributed by atoms with Crippen molar-refractivity contribution < 1.29 is 17.9 Å². The van der Waals surface area contributed by atoms with E-state index in [9.17, 15) is 13.2 Å². The Morgan fingerprint density at radius 1 is 0.925 bits per heavy atom. The minimum absolute atomic E-state index is 0.0542. The van der Waals surface area contributed by atoms with Crippen molar-refractivity contribution in [1.29, 1.82) is 0 Å². The summed E-state index contributed by atoms with van der Waals surface area (Å²) in [6.45, 7) is 4.67. The number of aldehydes is 1. The van der Waals surface area contributed by atoms with E-state index < -0.39 is 10.0 Å². The number of hydrogen-bond donors (Lipinski definition) is 1. The second kappa shape index (κ2) is 11.6. The van der Waals surface area contributed by atoms with Gasteiger partial charge in [0, 0.05) is 29.8 Å². The van der Waals surface area contributed by atoms with Gasteiger partial charge in [0.2, 0.25) is 11.8 Å². The Morgan fingerprint density at radius 3 is 2.35 bits per heavy atom. The van der Waals surface area contributed by atoms with Crippen LogP contribution in [0.5, 0.6) is 5.88 Å². The highest BCUT2D eigenvalue weighted by atomic mass is 32.2. The van der Waals surface area contributed by atoms with Crippen LogP contribution in [-0.2, 0) is 10.0 Å². The lowest BCUT2D eigenvalue weighted by molar-refractivity contribution is 0.0640. The van der Waals surface area contributed by atoms with Gasteiger partial charge in [0.15, 0.2) is 0 Å². The van der Waals surface area contributed by atoms with Crippen molar-refractivity contribution >= 4 is 22.3 Å². The van der Waals surface area contributed by atoms with Gasteiger partial charge >= 0.3 is 0 Å². The Kier molecular flexibility index (Phi) is 7.95. The van der Waals surface area contributed by atoms with Crippen LogP contribution in [0.15, 0.2) is 83.8 Å². The molecule has 2 unspecified atom stereocenters. The van der Waals surface area contributed by atoms with Crippen LogP contribution in [0.4, 0.5) is 5.95 Å². The van der Waals surface area contributed by atoms with Gasteiger partial charge in [-0.1, -0.05) is 60.7 Å². The smallest absolute Gasteiger partial charge is 0.264 e. The van der Waals surface area contributed by atoms with Gasteiger partial charge in [0.1, 0.15) is 12.4 Å². The number of likely N-dealkylation sites (N-methyl/N-ethyl adjacent to an activating group) is 1. The first-order valence-electron chi connectivity index (χ1n) is 13.2. The summed E-state index contributed by atoms with van der Waals surface area (Å²) in [6.07, 6.45) is 2.23. The quantitative estimate of drug-likeness (QED) is 0.282. The summed E-state index contributed by atoms with van der Waals surface area (Å²) in [5.41, 5.74) is 4.99. The van der Waals surface area contributed by atoms with Crippen molar-refractivity contribution in [3.05, 3.63) is 101 Å². The van der Waals surface area contributed by atoms with Crippen LogP contribution in [0, 0.1) is 13.8 Å². The monoisotopic (exact) mass is 556 g/mol. The molecule has 0 saturated carbocycles. The number of rotatable bonds is 8. The number of benzene rings is 3. The number of aryl methyl sites for hydroxylation is 2. The number of likely N-dealkylation sites (tertiary alicyclic amines) is 1. The maximum Gasteiger partial charge on any atom is 0.264 e. The Morgan fingerprint density at radius 2 is 1.65 bits per heavy atom. The van der Waals surface area contributed by atoms with Gasteiger partial charge in [-0.15, -0.1) is 0 Å². The highest BCUT2D eigenvalue weighted by molar-refractivity contribution is 7.92. The summed E-state index contributed by atoms with van der Waals surface area (Å²) >= 11 is 0. The second-order valence-electron chi connectivity index (χ2n) is 10.2. The fraction of sp³-hybridized carbons (Fsp3) is 0.258. The zero-order valence-electron chi connectivity index (χ0n) is 22.7. The molecule has 1 saturated heterocycles. The number of hydrogen-bond acceptors (Lipinski definition) is 7. The number of sulfonamides is 1. The highest BCUT2D eigenvalue weighted by Crippen LogP contribution is 2.33. The lowest BCUT2D eigenvalue weighted by Gasteiger charge is -2.37. The minimum atomic E-state index is -4.06. The van der Waals surface area contributed by atoms with E-state index >= 15 is 0 Å². The van der Waals surface area contributed by atoms with Gasteiger partial charge in [0.05, 0.1) is 10.6 Å². The molecule has 1 fully saturated rings. The third-order valence-corrected chi connectivity index (χ3v) is 8.55. The Labute approximate surface area is 235 Å². The molecule has 206 valence electrons. The summed E-state index contributed by atoms with van der Waals surface area (Å²) < 4.78 is 35.3. The van der Waals surface area contributed by atoms with Crippen LogP contribution in [0.3, 0.4) is 0 Å². The molecule has 0 bridgehead atoms. The largest absolute Gasteiger partial charge is 0.473 e. The summed E-state index contributed by atoms with van der Waals surface area (Å²) in [7, 11) is -1.97. The van der Waals surface area contributed by atoms with Crippen molar-refractivity contribution in [2.45, 2.75) is 43.7 Å². The molecule has 0 amide bonds. The first-order chi connectivity index (χ1) is 19.2. The van der Waals surface area contributed by atoms with Gasteiger partial charge in [0.25, 0.3) is 10.0 Å². The zero-order chi connectivity index (χ0) is 28.3. The third-order valence-electron chi connectivity index (χ3n) is 7.23. The molecule has 1 aliphatic rings. The molecule has 3 aromatic carbocycles. The number of nitrogens with one attached hydrogen (secondary N) is 1. The molecule has 40 heavy (non-hydrogen) atoms. The average Bonchev–Trinajstić information content (AvgIpc) is 2.93. The molecule has 0 aliphatic carbocycles. The van der Waals surface area contributed by atoms with Crippen LogP contribution in [-0.4, -0.2) is 49.3 Å². The summed E-state index contributed by atoms with van der Waals surface area (Å²) in [5.74, 6) is 0.196. The minimum Gasteiger partial charge on any atom is -0.473 e. The van der Waals surface area contributed by atoms with Crippen LogP contribution in [0.1, 0.15) is 45.9 Å². The molecule has 1 aromatic heterocycles. The molecule has 8 nitrogen and oxygen atoms in total. The van der Waals surface area contributed by atoms with Crippen LogP contribution >= 0.6 is 0 Å². The maximum atomic E-state index is 13.2. The molecule has 0 spiro atoms. The van der Waals surface area contributed by atoms with Gasteiger partial charge in [-0.2, -0.15) is 4.98 Å². The molecule has 2 atom stereocenters. The number of anilines is 1. The molecule has 4 aromatic rings. The third kappa shape index (κ3) is 6.05. The number of piperidine rings is 1. The number of carbonyl (C=O) groups excluding carboxylic acids is 1. The average molecular weight is 557 g/mol. The predicted octanol–water partition coefficient (Wildman–Crippen LogP) is 5.59. The number of ether oxygens (including phenoxy) is 1. The molecule has 2 heterocycles.